The molecule has 3 aromatic carbocycles. The van der Waals surface area contributed by atoms with Gasteiger partial charge in [-0.2, -0.15) is 0 Å². The highest BCUT2D eigenvalue weighted by Crippen LogP contribution is 2.24. The molecule has 0 aliphatic carbocycles. The third-order valence-electron chi connectivity index (χ3n) is 4.64. The molecule has 1 heterocycles. The molecule has 4 rings (SSSR count). The number of amides is 1. The normalized spacial score (nSPS) is 10.8. The van der Waals surface area contributed by atoms with Crippen LogP contribution in [-0.2, 0) is 6.42 Å². The number of rotatable bonds is 5. The Balaban J connectivity index is 1.59. The van der Waals surface area contributed by atoms with Gasteiger partial charge in [-0.15, -0.1) is 0 Å². The van der Waals surface area contributed by atoms with Crippen LogP contribution in [0.5, 0.6) is 0 Å². The van der Waals surface area contributed by atoms with Crippen LogP contribution in [0.15, 0.2) is 84.9 Å². The number of carbonyl (C=O) groups excluding carboxylic acids is 1. The summed E-state index contributed by atoms with van der Waals surface area (Å²) in [6.45, 7) is 0.553. The molecule has 1 aromatic heterocycles. The zero-order valence-corrected chi connectivity index (χ0v) is 16.0. The molecule has 0 bridgehead atoms. The molecule has 1 N–H and O–H groups in total. The van der Waals surface area contributed by atoms with Gasteiger partial charge in [0, 0.05) is 22.5 Å². The zero-order chi connectivity index (χ0) is 19.3. The van der Waals surface area contributed by atoms with Crippen molar-refractivity contribution >= 4 is 28.4 Å². The van der Waals surface area contributed by atoms with Gasteiger partial charge < -0.3 is 5.32 Å². The van der Waals surface area contributed by atoms with E-state index in [-0.39, 0.29) is 5.91 Å². The summed E-state index contributed by atoms with van der Waals surface area (Å²) in [5.41, 5.74) is 4.37. The molecule has 0 aliphatic heterocycles. The van der Waals surface area contributed by atoms with Crippen LogP contribution in [0.4, 0.5) is 0 Å². The summed E-state index contributed by atoms with van der Waals surface area (Å²) in [5.74, 6) is -0.0928. The number of halogens is 1. The number of aromatic nitrogens is 1. The molecule has 1 amide bonds. The highest BCUT2D eigenvalue weighted by Gasteiger charge is 2.13. The molecule has 4 aromatic rings. The van der Waals surface area contributed by atoms with E-state index < -0.39 is 0 Å². The van der Waals surface area contributed by atoms with E-state index in [9.17, 15) is 4.79 Å². The minimum atomic E-state index is -0.0928. The van der Waals surface area contributed by atoms with Crippen molar-refractivity contribution in [1.29, 1.82) is 0 Å². The van der Waals surface area contributed by atoms with Crippen molar-refractivity contribution in [2.75, 3.05) is 6.54 Å². The molecule has 28 heavy (non-hydrogen) atoms. The van der Waals surface area contributed by atoms with Crippen molar-refractivity contribution in [3.8, 4) is 11.3 Å². The Morgan fingerprint density at radius 1 is 0.893 bits per heavy atom. The predicted molar refractivity (Wildman–Crippen MR) is 115 cm³/mol. The number of pyridine rings is 1. The van der Waals surface area contributed by atoms with Gasteiger partial charge >= 0.3 is 0 Å². The van der Waals surface area contributed by atoms with Crippen LogP contribution in [0.1, 0.15) is 15.9 Å². The average Bonchev–Trinajstić information content (AvgIpc) is 2.75. The second-order valence-corrected chi connectivity index (χ2v) is 7.01. The molecular formula is C24H19ClN2O. The largest absolute Gasteiger partial charge is 0.352 e. The van der Waals surface area contributed by atoms with E-state index in [0.717, 1.165) is 34.1 Å². The van der Waals surface area contributed by atoms with Crippen LogP contribution < -0.4 is 5.32 Å². The second kappa shape index (κ2) is 8.24. The minimum absolute atomic E-state index is 0.0928. The van der Waals surface area contributed by atoms with Crippen molar-refractivity contribution in [3.63, 3.8) is 0 Å². The minimum Gasteiger partial charge on any atom is -0.352 e. The third-order valence-corrected chi connectivity index (χ3v) is 4.89. The summed E-state index contributed by atoms with van der Waals surface area (Å²) in [7, 11) is 0. The summed E-state index contributed by atoms with van der Waals surface area (Å²) in [5, 5.41) is 4.60. The first-order valence-electron chi connectivity index (χ1n) is 9.18. The molecular weight excluding hydrogens is 368 g/mol. The number of carbonyl (C=O) groups is 1. The Morgan fingerprint density at radius 2 is 1.61 bits per heavy atom. The molecule has 0 aliphatic rings. The molecule has 0 spiro atoms. The van der Waals surface area contributed by atoms with Crippen molar-refractivity contribution < 1.29 is 4.79 Å². The Kier molecular flexibility index (Phi) is 5.36. The van der Waals surface area contributed by atoms with Crippen LogP contribution in [0.2, 0.25) is 5.02 Å². The number of nitrogens with one attached hydrogen (secondary N) is 1. The Labute approximate surface area is 169 Å². The lowest BCUT2D eigenvalue weighted by molar-refractivity contribution is 0.0956. The number of fused-ring (bicyclic) bond motifs is 1. The summed E-state index contributed by atoms with van der Waals surface area (Å²) in [4.78, 5) is 17.7. The average molecular weight is 387 g/mol. The van der Waals surface area contributed by atoms with Crippen LogP contribution in [0.25, 0.3) is 22.2 Å². The lowest BCUT2D eigenvalue weighted by Crippen LogP contribution is -2.26. The first kappa shape index (κ1) is 18.2. The molecule has 0 fully saturated rings. The quantitative estimate of drug-likeness (QED) is 0.490. The van der Waals surface area contributed by atoms with E-state index in [2.05, 4.69) is 5.32 Å². The summed E-state index contributed by atoms with van der Waals surface area (Å²) < 4.78 is 0. The van der Waals surface area contributed by atoms with E-state index >= 15 is 0 Å². The van der Waals surface area contributed by atoms with Crippen LogP contribution in [0.3, 0.4) is 0 Å². The van der Waals surface area contributed by atoms with Crippen LogP contribution in [0, 0.1) is 0 Å². The van der Waals surface area contributed by atoms with Crippen LogP contribution >= 0.6 is 11.6 Å². The fraction of sp³-hybridized carbons (Fsp3) is 0.0833. The van der Waals surface area contributed by atoms with Gasteiger partial charge in [0.25, 0.3) is 5.91 Å². The monoisotopic (exact) mass is 386 g/mol. The lowest BCUT2D eigenvalue weighted by Gasteiger charge is -2.11. The van der Waals surface area contributed by atoms with E-state index in [1.165, 1.54) is 0 Å². The van der Waals surface area contributed by atoms with Gasteiger partial charge in [-0.05, 0) is 36.2 Å². The summed E-state index contributed by atoms with van der Waals surface area (Å²) in [6.07, 6.45) is 0.747. The Morgan fingerprint density at radius 3 is 2.39 bits per heavy atom. The van der Waals surface area contributed by atoms with Crippen LogP contribution in [-0.4, -0.2) is 17.4 Å². The zero-order valence-electron chi connectivity index (χ0n) is 15.2. The van der Waals surface area contributed by atoms with E-state index in [1.807, 2.05) is 84.9 Å². The van der Waals surface area contributed by atoms with Gasteiger partial charge in [-0.25, -0.2) is 4.98 Å². The van der Waals surface area contributed by atoms with Crippen molar-refractivity contribution in [2.24, 2.45) is 0 Å². The topological polar surface area (TPSA) is 42.0 Å². The van der Waals surface area contributed by atoms with Crippen molar-refractivity contribution in [3.05, 3.63) is 101 Å². The molecule has 0 atom stereocenters. The second-order valence-electron chi connectivity index (χ2n) is 6.57. The number of nitrogens with zero attached hydrogens (tertiary/aromatic N) is 1. The standard InChI is InChI=1S/C24H19ClN2O/c25-19-12-10-17(11-13-19)14-15-26-24(28)21-16-23(18-6-2-1-3-7-18)27-22-9-5-4-8-20(21)22/h1-13,16H,14-15H2,(H,26,28). The number of para-hydroxylation sites is 1. The molecule has 138 valence electrons. The van der Waals surface area contributed by atoms with Crippen molar-refractivity contribution in [1.82, 2.24) is 10.3 Å². The number of benzene rings is 3. The maximum Gasteiger partial charge on any atom is 0.252 e. The van der Waals surface area contributed by atoms with E-state index in [1.54, 1.807) is 0 Å². The highest BCUT2D eigenvalue weighted by molar-refractivity contribution is 6.30. The SMILES string of the molecule is O=C(NCCc1ccc(Cl)cc1)c1cc(-c2ccccc2)nc2ccccc12. The molecule has 4 heteroatoms. The summed E-state index contributed by atoms with van der Waals surface area (Å²) >= 11 is 5.92. The fourth-order valence-corrected chi connectivity index (χ4v) is 3.31. The molecule has 3 nitrogen and oxygen atoms in total. The van der Waals surface area contributed by atoms with Gasteiger partial charge in [0.1, 0.15) is 0 Å². The van der Waals surface area contributed by atoms with E-state index in [4.69, 9.17) is 16.6 Å². The van der Waals surface area contributed by atoms with Gasteiger partial charge in [0.2, 0.25) is 0 Å². The highest BCUT2D eigenvalue weighted by atomic mass is 35.5. The number of hydrogen-bond acceptors (Lipinski definition) is 2. The molecule has 0 unspecified atom stereocenters. The first-order valence-corrected chi connectivity index (χ1v) is 9.56. The fourth-order valence-electron chi connectivity index (χ4n) is 3.19. The maximum atomic E-state index is 12.9. The maximum absolute atomic E-state index is 12.9. The third kappa shape index (κ3) is 4.05. The molecule has 0 saturated carbocycles. The predicted octanol–water partition coefficient (Wildman–Crippen LogP) is 5.53. The number of hydrogen-bond donors (Lipinski definition) is 1. The van der Waals surface area contributed by atoms with Gasteiger partial charge in [-0.1, -0.05) is 72.3 Å². The Bertz CT molecular complexity index is 1110. The van der Waals surface area contributed by atoms with Gasteiger partial charge in [0.05, 0.1) is 16.8 Å². The summed E-state index contributed by atoms with van der Waals surface area (Å²) in [6, 6.07) is 27.2. The van der Waals surface area contributed by atoms with Gasteiger partial charge in [0.15, 0.2) is 0 Å². The van der Waals surface area contributed by atoms with Crippen molar-refractivity contribution in [2.45, 2.75) is 6.42 Å². The first-order chi connectivity index (χ1) is 13.7. The van der Waals surface area contributed by atoms with Gasteiger partial charge in [-0.3, -0.25) is 4.79 Å². The smallest absolute Gasteiger partial charge is 0.252 e. The molecule has 0 radical (unpaired) electrons. The molecule has 0 saturated heterocycles. The Hall–Kier alpha value is -3.17. The lowest BCUT2D eigenvalue weighted by atomic mass is 10.0. The van der Waals surface area contributed by atoms with E-state index in [0.29, 0.717) is 17.1 Å².